The Bertz CT molecular complexity index is 2100. The zero-order valence-corrected chi connectivity index (χ0v) is 35.2. The molecule has 4 aliphatic heterocycles. The van der Waals surface area contributed by atoms with Gasteiger partial charge in [-0.25, -0.2) is 4.98 Å². The van der Waals surface area contributed by atoms with Gasteiger partial charge in [-0.3, -0.25) is 39.2 Å². The highest BCUT2D eigenvalue weighted by atomic mass is 16.2. The highest BCUT2D eigenvalue weighted by Gasteiger charge is 2.39. The third-order valence-electron chi connectivity index (χ3n) is 12.4. The molecular weight excluding hydrogens is 769 g/mol. The fourth-order valence-corrected chi connectivity index (χ4v) is 8.75. The number of piperidine rings is 2. The van der Waals surface area contributed by atoms with Crippen LogP contribution in [0.25, 0.3) is 6.08 Å². The molecule has 13 nitrogen and oxygen atoms in total. The van der Waals surface area contributed by atoms with Crippen LogP contribution in [0, 0.1) is 17.8 Å². The molecule has 3 fully saturated rings. The molecule has 3 saturated heterocycles. The van der Waals surface area contributed by atoms with E-state index in [9.17, 15) is 24.0 Å². The van der Waals surface area contributed by atoms with Crippen LogP contribution in [0.2, 0.25) is 0 Å². The van der Waals surface area contributed by atoms with E-state index >= 15 is 0 Å². The molecule has 1 atom stereocenters. The van der Waals surface area contributed by atoms with Gasteiger partial charge in [0.25, 0.3) is 11.8 Å². The second kappa shape index (κ2) is 21.6. The maximum absolute atomic E-state index is 13.3. The lowest BCUT2D eigenvalue weighted by Crippen LogP contribution is -2.52. The Labute approximate surface area is 359 Å². The molecule has 0 spiro atoms. The lowest BCUT2D eigenvalue weighted by atomic mass is 9.91. The van der Waals surface area contributed by atoms with Crippen LogP contribution in [-0.4, -0.2) is 113 Å². The van der Waals surface area contributed by atoms with Gasteiger partial charge in [0.15, 0.2) is 0 Å². The summed E-state index contributed by atoms with van der Waals surface area (Å²) in [6.07, 6.45) is 19.5. The molecule has 1 unspecified atom stereocenters. The molecule has 2 aromatic heterocycles. The summed E-state index contributed by atoms with van der Waals surface area (Å²) >= 11 is 0. The van der Waals surface area contributed by atoms with Crippen LogP contribution in [0.4, 0.5) is 5.82 Å². The SMILES string of the molecule is O=C(/C=C/c1cccnc1)NCCCCC1CCN(C(=O)c2ccc(N3CCN(CCCCCCC#Cc4cccc5c4CN(C4CCC(=O)NC4=O)C5=O)CC3)nc2)CC1. The molecule has 0 radical (unpaired) electrons. The van der Waals surface area contributed by atoms with Crippen LogP contribution in [0.1, 0.15) is 114 Å². The minimum absolute atomic E-state index is 0.0635. The smallest absolute Gasteiger partial charge is 0.255 e. The van der Waals surface area contributed by atoms with E-state index in [0.29, 0.717) is 36.6 Å². The Hall–Kier alpha value is -5.87. The number of nitrogens with zero attached hydrogens (tertiary/aromatic N) is 6. The maximum atomic E-state index is 13.3. The lowest BCUT2D eigenvalue weighted by Gasteiger charge is -2.35. The van der Waals surface area contributed by atoms with Crippen molar-refractivity contribution in [2.75, 3.05) is 57.3 Å². The summed E-state index contributed by atoms with van der Waals surface area (Å²) < 4.78 is 0. The highest BCUT2D eigenvalue weighted by molar-refractivity contribution is 6.05. The summed E-state index contributed by atoms with van der Waals surface area (Å²) in [5, 5.41) is 5.32. The van der Waals surface area contributed by atoms with Crippen molar-refractivity contribution in [1.29, 1.82) is 0 Å². The number of carbonyl (C=O) groups is 5. The Morgan fingerprint density at radius 2 is 1.70 bits per heavy atom. The van der Waals surface area contributed by atoms with Gasteiger partial charge in [-0.1, -0.05) is 49.7 Å². The summed E-state index contributed by atoms with van der Waals surface area (Å²) in [5.74, 6) is 7.23. The largest absolute Gasteiger partial charge is 0.354 e. The molecule has 320 valence electrons. The van der Waals surface area contributed by atoms with E-state index in [1.54, 1.807) is 41.7 Å². The first-order chi connectivity index (χ1) is 29.8. The molecular formula is C48H58N8O5. The Balaban J connectivity index is 0.727. The third kappa shape index (κ3) is 11.9. The minimum atomic E-state index is -0.624. The summed E-state index contributed by atoms with van der Waals surface area (Å²) in [7, 11) is 0. The molecule has 0 saturated carbocycles. The first kappa shape index (κ1) is 43.2. The zero-order valence-electron chi connectivity index (χ0n) is 35.2. The first-order valence-electron chi connectivity index (χ1n) is 22.2. The van der Waals surface area contributed by atoms with E-state index in [0.717, 1.165) is 133 Å². The number of pyridine rings is 2. The summed E-state index contributed by atoms with van der Waals surface area (Å²) in [4.78, 5) is 79.6. The van der Waals surface area contributed by atoms with Gasteiger partial charge >= 0.3 is 0 Å². The molecule has 5 amide bonds. The molecule has 7 rings (SSSR count). The van der Waals surface area contributed by atoms with Crippen molar-refractivity contribution in [2.45, 2.75) is 89.6 Å². The van der Waals surface area contributed by atoms with Gasteiger partial charge in [-0.2, -0.15) is 0 Å². The van der Waals surface area contributed by atoms with Crippen LogP contribution in [0.5, 0.6) is 0 Å². The number of piperazine rings is 1. The van der Waals surface area contributed by atoms with E-state index in [2.05, 4.69) is 37.3 Å². The van der Waals surface area contributed by atoms with Gasteiger partial charge < -0.3 is 20.0 Å². The van der Waals surface area contributed by atoms with Crippen molar-refractivity contribution in [3.63, 3.8) is 0 Å². The number of likely N-dealkylation sites (tertiary alicyclic amines) is 1. The first-order valence-corrected chi connectivity index (χ1v) is 22.2. The summed E-state index contributed by atoms with van der Waals surface area (Å²) in [5.41, 5.74) is 3.85. The normalized spacial score (nSPS) is 18.5. The van der Waals surface area contributed by atoms with E-state index in [1.165, 1.54) is 0 Å². The van der Waals surface area contributed by atoms with Gasteiger partial charge in [0, 0.05) is 101 Å². The van der Waals surface area contributed by atoms with Crippen molar-refractivity contribution in [1.82, 2.24) is 35.3 Å². The zero-order chi connectivity index (χ0) is 42.4. The average Bonchev–Trinajstić information content (AvgIpc) is 3.63. The Kier molecular flexibility index (Phi) is 15.3. The Morgan fingerprint density at radius 1 is 0.869 bits per heavy atom. The third-order valence-corrected chi connectivity index (χ3v) is 12.4. The number of carbonyl (C=O) groups excluding carboxylic acids is 5. The number of unbranched alkanes of at least 4 members (excludes halogenated alkanes) is 5. The second-order valence-corrected chi connectivity index (χ2v) is 16.6. The summed E-state index contributed by atoms with van der Waals surface area (Å²) in [6, 6.07) is 12.6. The molecule has 13 heteroatoms. The molecule has 6 heterocycles. The fraction of sp³-hybridized carbons (Fsp3) is 0.479. The highest BCUT2D eigenvalue weighted by Crippen LogP contribution is 2.30. The number of fused-ring (bicyclic) bond motifs is 1. The number of nitrogens with one attached hydrogen (secondary N) is 2. The average molecular weight is 827 g/mol. The van der Waals surface area contributed by atoms with Crippen molar-refractivity contribution >= 4 is 41.4 Å². The van der Waals surface area contributed by atoms with Gasteiger partial charge in [0.1, 0.15) is 11.9 Å². The number of hydrogen-bond acceptors (Lipinski definition) is 9. The molecule has 1 aromatic carbocycles. The van der Waals surface area contributed by atoms with E-state index in [1.807, 2.05) is 41.3 Å². The number of rotatable bonds is 16. The van der Waals surface area contributed by atoms with E-state index < -0.39 is 11.9 Å². The number of amides is 5. The predicted octanol–water partition coefficient (Wildman–Crippen LogP) is 5.21. The Morgan fingerprint density at radius 3 is 2.48 bits per heavy atom. The van der Waals surface area contributed by atoms with Gasteiger partial charge in [0.2, 0.25) is 17.7 Å². The molecule has 61 heavy (non-hydrogen) atoms. The quantitative estimate of drug-likeness (QED) is 0.0860. The number of imide groups is 1. The second-order valence-electron chi connectivity index (χ2n) is 16.6. The molecule has 0 aliphatic carbocycles. The number of hydrogen-bond donors (Lipinski definition) is 2. The lowest BCUT2D eigenvalue weighted by molar-refractivity contribution is -0.137. The predicted molar refractivity (Wildman–Crippen MR) is 234 cm³/mol. The maximum Gasteiger partial charge on any atom is 0.255 e. The van der Waals surface area contributed by atoms with Gasteiger partial charge in [-0.05, 0) is 98.5 Å². The van der Waals surface area contributed by atoms with Crippen LogP contribution in [-0.2, 0) is 20.9 Å². The van der Waals surface area contributed by atoms with E-state index in [4.69, 9.17) is 4.98 Å². The van der Waals surface area contributed by atoms with Crippen molar-refractivity contribution in [2.24, 2.45) is 5.92 Å². The van der Waals surface area contributed by atoms with Crippen molar-refractivity contribution < 1.29 is 24.0 Å². The summed E-state index contributed by atoms with van der Waals surface area (Å²) in [6.45, 7) is 7.44. The topological polar surface area (TPSA) is 148 Å². The fourth-order valence-electron chi connectivity index (χ4n) is 8.75. The molecule has 0 bridgehead atoms. The van der Waals surface area contributed by atoms with Crippen molar-refractivity contribution in [3.05, 3.63) is 94.9 Å². The van der Waals surface area contributed by atoms with Crippen LogP contribution in [0.15, 0.2) is 67.1 Å². The number of anilines is 1. The standard InChI is InChI=1S/C48H58N8O5/c57-44(20-16-37-12-10-24-49-33-37)50-25-7-6-11-36-22-27-55(28-23-36)47(60)39-17-19-43(51-34-39)54-31-29-53(30-32-54)26-8-4-2-1-3-5-13-38-14-9-15-40-41(38)35-56(48(40)61)42-18-21-45(58)52-46(42)59/h9-10,12,14-17,19-20,24,33-34,36,42H,1-4,6-8,11,18,21-23,25-32,35H2,(H,50,57)(H,52,58,59)/b20-16+. The van der Waals surface area contributed by atoms with E-state index in [-0.39, 0.29) is 30.0 Å². The molecule has 4 aliphatic rings. The number of benzene rings is 1. The van der Waals surface area contributed by atoms with Gasteiger partial charge in [0.05, 0.1) is 5.56 Å². The van der Waals surface area contributed by atoms with Crippen LogP contribution >= 0.6 is 0 Å². The van der Waals surface area contributed by atoms with Crippen LogP contribution in [0.3, 0.4) is 0 Å². The molecule has 3 aromatic rings. The molecule has 2 N–H and O–H groups in total. The van der Waals surface area contributed by atoms with Crippen molar-refractivity contribution in [3.8, 4) is 11.8 Å². The van der Waals surface area contributed by atoms with Gasteiger partial charge in [-0.15, -0.1) is 0 Å². The minimum Gasteiger partial charge on any atom is -0.354 e. The monoisotopic (exact) mass is 826 g/mol. The number of aromatic nitrogens is 2. The van der Waals surface area contributed by atoms with Crippen LogP contribution < -0.4 is 15.5 Å².